The van der Waals surface area contributed by atoms with Crippen LogP contribution in [0.25, 0.3) is 0 Å². The van der Waals surface area contributed by atoms with E-state index in [4.69, 9.17) is 4.42 Å². The lowest BCUT2D eigenvalue weighted by Gasteiger charge is -2.27. The molecule has 2 heterocycles. The molecular weight excluding hydrogens is 314 g/mol. The summed E-state index contributed by atoms with van der Waals surface area (Å²) in [6, 6.07) is 12.3. The molecule has 2 aromatic rings. The van der Waals surface area contributed by atoms with E-state index in [-0.39, 0.29) is 30.0 Å². The molecule has 0 aliphatic carbocycles. The number of hydrogen-bond donors (Lipinski definition) is 0. The fourth-order valence-electron chi connectivity index (χ4n) is 2.87. The zero-order valence-corrected chi connectivity index (χ0v) is 13.8. The molecule has 1 unspecified atom stereocenters. The standard InChI is InChI=1S/C17H19NO4S/c1-13-7-8-16(22-13)11-18(15-9-10-23(20,21)12-15)17(19)14-5-3-2-4-6-14/h2-8,15H,9-12H2,1H3. The molecule has 1 aliphatic heterocycles. The Balaban J connectivity index is 1.88. The van der Waals surface area contributed by atoms with Gasteiger partial charge in [-0.3, -0.25) is 4.79 Å². The highest BCUT2D eigenvalue weighted by atomic mass is 32.2. The third kappa shape index (κ3) is 3.64. The number of benzene rings is 1. The Morgan fingerprint density at radius 1 is 1.22 bits per heavy atom. The highest BCUT2D eigenvalue weighted by Crippen LogP contribution is 2.23. The van der Waals surface area contributed by atoms with Gasteiger partial charge in [0.1, 0.15) is 11.5 Å². The van der Waals surface area contributed by atoms with E-state index in [1.807, 2.05) is 25.1 Å². The zero-order valence-electron chi connectivity index (χ0n) is 12.9. The van der Waals surface area contributed by atoms with Crippen molar-refractivity contribution in [3.63, 3.8) is 0 Å². The summed E-state index contributed by atoms with van der Waals surface area (Å²) in [6.07, 6.45) is 0.473. The topological polar surface area (TPSA) is 67.6 Å². The van der Waals surface area contributed by atoms with E-state index < -0.39 is 9.84 Å². The quantitative estimate of drug-likeness (QED) is 0.862. The van der Waals surface area contributed by atoms with Crippen LogP contribution in [0.3, 0.4) is 0 Å². The number of carbonyl (C=O) groups excluding carboxylic acids is 1. The van der Waals surface area contributed by atoms with Crippen molar-refractivity contribution in [2.75, 3.05) is 11.5 Å². The summed E-state index contributed by atoms with van der Waals surface area (Å²) >= 11 is 0. The Bertz CT molecular complexity index is 795. The number of aryl methyl sites for hydroxylation is 1. The van der Waals surface area contributed by atoms with E-state index in [9.17, 15) is 13.2 Å². The van der Waals surface area contributed by atoms with Gasteiger partial charge in [-0.15, -0.1) is 0 Å². The second-order valence-corrected chi connectivity index (χ2v) is 8.10. The Morgan fingerprint density at radius 3 is 2.52 bits per heavy atom. The van der Waals surface area contributed by atoms with E-state index in [0.29, 0.717) is 17.7 Å². The highest BCUT2D eigenvalue weighted by molar-refractivity contribution is 7.91. The second kappa shape index (κ2) is 6.20. The summed E-state index contributed by atoms with van der Waals surface area (Å²) in [4.78, 5) is 14.5. The van der Waals surface area contributed by atoms with Gasteiger partial charge in [-0.25, -0.2) is 8.42 Å². The molecule has 0 N–H and O–H groups in total. The number of amides is 1. The maximum atomic E-state index is 12.8. The van der Waals surface area contributed by atoms with Gasteiger partial charge in [-0.05, 0) is 37.6 Å². The predicted molar refractivity (Wildman–Crippen MR) is 86.8 cm³/mol. The SMILES string of the molecule is Cc1ccc(CN(C(=O)c2ccccc2)C2CCS(=O)(=O)C2)o1. The number of furan rings is 1. The van der Waals surface area contributed by atoms with Gasteiger partial charge < -0.3 is 9.32 Å². The van der Waals surface area contributed by atoms with Crippen molar-refractivity contribution in [1.29, 1.82) is 0 Å². The molecule has 0 spiro atoms. The number of hydrogen-bond acceptors (Lipinski definition) is 4. The van der Waals surface area contributed by atoms with Crippen LogP contribution < -0.4 is 0 Å². The number of sulfone groups is 1. The molecule has 1 aliphatic rings. The lowest BCUT2D eigenvalue weighted by Crippen LogP contribution is -2.40. The van der Waals surface area contributed by atoms with E-state index in [1.165, 1.54) is 0 Å². The summed E-state index contributed by atoms with van der Waals surface area (Å²) in [5, 5.41) is 0. The predicted octanol–water partition coefficient (Wildman–Crippen LogP) is 2.42. The Kier molecular flexibility index (Phi) is 4.26. The Morgan fingerprint density at radius 2 is 1.96 bits per heavy atom. The van der Waals surface area contributed by atoms with Crippen LogP contribution in [0, 0.1) is 6.92 Å². The first-order chi connectivity index (χ1) is 10.9. The number of nitrogens with zero attached hydrogens (tertiary/aromatic N) is 1. The molecule has 3 rings (SSSR count). The molecular formula is C17H19NO4S. The van der Waals surface area contributed by atoms with Crippen LogP contribution in [0.4, 0.5) is 0 Å². The number of rotatable bonds is 4. The van der Waals surface area contributed by atoms with Gasteiger partial charge in [0, 0.05) is 11.6 Å². The molecule has 1 atom stereocenters. The molecule has 1 amide bonds. The van der Waals surface area contributed by atoms with Crippen LogP contribution in [-0.2, 0) is 16.4 Å². The van der Waals surface area contributed by atoms with E-state index >= 15 is 0 Å². The van der Waals surface area contributed by atoms with Crippen molar-refractivity contribution in [1.82, 2.24) is 4.90 Å². The van der Waals surface area contributed by atoms with Crippen molar-refractivity contribution in [2.45, 2.75) is 25.9 Å². The van der Waals surface area contributed by atoms with Gasteiger partial charge in [-0.1, -0.05) is 18.2 Å². The van der Waals surface area contributed by atoms with Crippen LogP contribution in [0.5, 0.6) is 0 Å². The molecule has 5 nitrogen and oxygen atoms in total. The summed E-state index contributed by atoms with van der Waals surface area (Å²) in [7, 11) is -3.07. The highest BCUT2D eigenvalue weighted by Gasteiger charge is 2.35. The summed E-state index contributed by atoms with van der Waals surface area (Å²) in [5.41, 5.74) is 0.556. The first-order valence-electron chi connectivity index (χ1n) is 7.56. The first kappa shape index (κ1) is 15.8. The summed E-state index contributed by atoms with van der Waals surface area (Å²) in [5.74, 6) is 1.42. The number of carbonyl (C=O) groups is 1. The monoisotopic (exact) mass is 333 g/mol. The lowest BCUT2D eigenvalue weighted by atomic mass is 10.1. The first-order valence-corrected chi connectivity index (χ1v) is 9.38. The van der Waals surface area contributed by atoms with Crippen LogP contribution in [0.1, 0.15) is 28.3 Å². The van der Waals surface area contributed by atoms with Crippen molar-refractivity contribution in [2.24, 2.45) is 0 Å². The molecule has 1 aromatic carbocycles. The minimum absolute atomic E-state index is 0.0191. The average Bonchev–Trinajstić information content (AvgIpc) is 3.10. The van der Waals surface area contributed by atoms with Crippen LogP contribution in [0.15, 0.2) is 46.9 Å². The second-order valence-electron chi connectivity index (χ2n) is 5.87. The van der Waals surface area contributed by atoms with Crippen LogP contribution in [-0.4, -0.2) is 36.8 Å². The zero-order chi connectivity index (χ0) is 16.4. The normalized spacial score (nSPS) is 19.6. The maximum Gasteiger partial charge on any atom is 0.254 e. The summed E-state index contributed by atoms with van der Waals surface area (Å²) in [6.45, 7) is 2.12. The van der Waals surface area contributed by atoms with Gasteiger partial charge in [0.05, 0.1) is 18.1 Å². The van der Waals surface area contributed by atoms with E-state index in [2.05, 4.69) is 0 Å². The van der Waals surface area contributed by atoms with Gasteiger partial charge in [0.15, 0.2) is 9.84 Å². The van der Waals surface area contributed by atoms with E-state index in [0.717, 1.165) is 5.76 Å². The molecule has 0 radical (unpaired) electrons. The van der Waals surface area contributed by atoms with Gasteiger partial charge in [0.2, 0.25) is 0 Å². The van der Waals surface area contributed by atoms with Gasteiger partial charge in [-0.2, -0.15) is 0 Å². The lowest BCUT2D eigenvalue weighted by molar-refractivity contribution is 0.0665. The Labute approximate surface area is 135 Å². The molecule has 6 heteroatoms. The van der Waals surface area contributed by atoms with E-state index in [1.54, 1.807) is 29.2 Å². The fourth-order valence-corrected chi connectivity index (χ4v) is 4.60. The van der Waals surface area contributed by atoms with Crippen molar-refractivity contribution in [3.05, 3.63) is 59.5 Å². The minimum Gasteiger partial charge on any atom is -0.464 e. The average molecular weight is 333 g/mol. The molecule has 0 bridgehead atoms. The van der Waals surface area contributed by atoms with Crippen LogP contribution >= 0.6 is 0 Å². The smallest absolute Gasteiger partial charge is 0.254 e. The Hall–Kier alpha value is -2.08. The van der Waals surface area contributed by atoms with Gasteiger partial charge >= 0.3 is 0 Å². The third-order valence-electron chi connectivity index (χ3n) is 4.05. The minimum atomic E-state index is -3.07. The fraction of sp³-hybridized carbons (Fsp3) is 0.353. The van der Waals surface area contributed by atoms with Crippen molar-refractivity contribution >= 4 is 15.7 Å². The molecule has 0 saturated carbocycles. The third-order valence-corrected chi connectivity index (χ3v) is 5.80. The van der Waals surface area contributed by atoms with Crippen LogP contribution in [0.2, 0.25) is 0 Å². The molecule has 23 heavy (non-hydrogen) atoms. The van der Waals surface area contributed by atoms with Crippen molar-refractivity contribution < 1.29 is 17.6 Å². The van der Waals surface area contributed by atoms with Crippen molar-refractivity contribution in [3.8, 4) is 0 Å². The van der Waals surface area contributed by atoms with Gasteiger partial charge in [0.25, 0.3) is 5.91 Å². The largest absolute Gasteiger partial charge is 0.464 e. The molecule has 1 aromatic heterocycles. The molecule has 1 saturated heterocycles. The molecule has 122 valence electrons. The maximum absolute atomic E-state index is 12.8. The summed E-state index contributed by atoms with van der Waals surface area (Å²) < 4.78 is 29.2. The molecule has 1 fully saturated rings.